The summed E-state index contributed by atoms with van der Waals surface area (Å²) in [5, 5.41) is 0. The number of ether oxygens (including phenoxy) is 2. The van der Waals surface area contributed by atoms with Crippen LogP contribution in [0, 0.1) is 5.41 Å². The van der Waals surface area contributed by atoms with Crippen molar-refractivity contribution < 1.29 is 32.3 Å². The van der Waals surface area contributed by atoms with Crippen molar-refractivity contribution in [1.29, 1.82) is 0 Å². The molecule has 0 aromatic carbocycles. The quantitative estimate of drug-likeness (QED) is 0.521. The Morgan fingerprint density at radius 1 is 1.00 bits per heavy atom. The number of morpholine rings is 1. The third-order valence-corrected chi connectivity index (χ3v) is 7.83. The van der Waals surface area contributed by atoms with Crippen LogP contribution < -0.4 is 0 Å². The zero-order chi connectivity index (χ0) is 21.9. The van der Waals surface area contributed by atoms with E-state index in [1.807, 2.05) is 0 Å². The Morgan fingerprint density at radius 3 is 2.30 bits per heavy atom. The largest absolute Gasteiger partial charge is 0.469 e. The molecule has 3 heterocycles. The first-order valence-electron chi connectivity index (χ1n) is 10.4. The van der Waals surface area contributed by atoms with Gasteiger partial charge in [0.05, 0.1) is 38.4 Å². The van der Waals surface area contributed by atoms with Crippen LogP contribution in [-0.4, -0.2) is 106 Å². The summed E-state index contributed by atoms with van der Waals surface area (Å²) in [4.78, 5) is 41.0. The number of nitrogens with zero attached hydrogens (tertiary/aromatic N) is 3. The van der Waals surface area contributed by atoms with E-state index < -0.39 is 27.4 Å². The summed E-state index contributed by atoms with van der Waals surface area (Å²) in [5.41, 5.74) is -0.836. The number of esters is 1. The number of likely N-dealkylation sites (tertiary alicyclic amines) is 1. The smallest absolute Gasteiger partial charge is 0.306 e. The van der Waals surface area contributed by atoms with Crippen molar-refractivity contribution in [1.82, 2.24) is 14.1 Å². The molecule has 0 bridgehead atoms. The number of rotatable bonds is 5. The summed E-state index contributed by atoms with van der Waals surface area (Å²) in [6.45, 7) is 2.97. The van der Waals surface area contributed by atoms with E-state index in [4.69, 9.17) is 4.74 Å². The van der Waals surface area contributed by atoms with Crippen molar-refractivity contribution in [3.05, 3.63) is 0 Å². The van der Waals surface area contributed by atoms with E-state index in [1.54, 1.807) is 9.80 Å². The van der Waals surface area contributed by atoms with Gasteiger partial charge < -0.3 is 19.3 Å². The second-order valence-corrected chi connectivity index (χ2v) is 10.1. The lowest BCUT2D eigenvalue weighted by Crippen LogP contribution is -2.54. The number of sulfonamides is 1. The molecule has 3 aliphatic heterocycles. The Labute approximate surface area is 177 Å². The molecule has 0 N–H and O–H groups in total. The molecule has 3 rings (SSSR count). The third-order valence-electron chi connectivity index (χ3n) is 6.54. The van der Waals surface area contributed by atoms with E-state index in [2.05, 4.69) is 4.74 Å². The molecule has 0 aliphatic carbocycles. The molecule has 3 aliphatic rings. The highest BCUT2D eigenvalue weighted by molar-refractivity contribution is 7.88. The molecule has 0 aromatic rings. The van der Waals surface area contributed by atoms with E-state index >= 15 is 0 Å². The fourth-order valence-corrected chi connectivity index (χ4v) is 6.09. The third kappa shape index (κ3) is 4.62. The molecule has 10 nitrogen and oxygen atoms in total. The minimum atomic E-state index is -3.48. The summed E-state index contributed by atoms with van der Waals surface area (Å²) in [6.07, 6.45) is 2.47. The Morgan fingerprint density at radius 2 is 1.67 bits per heavy atom. The first-order chi connectivity index (χ1) is 14.2. The van der Waals surface area contributed by atoms with Gasteiger partial charge in [0.25, 0.3) is 0 Å². The maximum atomic E-state index is 13.6. The minimum absolute atomic E-state index is 0.00256. The van der Waals surface area contributed by atoms with Crippen LogP contribution in [0.4, 0.5) is 0 Å². The van der Waals surface area contributed by atoms with Crippen LogP contribution in [0.2, 0.25) is 0 Å². The highest BCUT2D eigenvalue weighted by Crippen LogP contribution is 2.46. The van der Waals surface area contributed by atoms with Crippen LogP contribution in [0.3, 0.4) is 0 Å². The highest BCUT2D eigenvalue weighted by atomic mass is 32.2. The van der Waals surface area contributed by atoms with Gasteiger partial charge in [-0.15, -0.1) is 0 Å². The normalized spacial score (nSPS) is 28.0. The van der Waals surface area contributed by atoms with E-state index in [0.29, 0.717) is 65.2 Å². The summed E-state index contributed by atoms with van der Waals surface area (Å²) >= 11 is 0. The van der Waals surface area contributed by atoms with Crippen molar-refractivity contribution in [3.8, 4) is 0 Å². The van der Waals surface area contributed by atoms with Gasteiger partial charge in [-0.1, -0.05) is 0 Å². The Balaban J connectivity index is 1.81. The molecule has 30 heavy (non-hydrogen) atoms. The molecule has 170 valence electrons. The Bertz CT molecular complexity index is 781. The number of carbonyl (C=O) groups excluding carboxylic acids is 3. The highest BCUT2D eigenvalue weighted by Gasteiger charge is 2.57. The van der Waals surface area contributed by atoms with Crippen LogP contribution in [0.15, 0.2) is 0 Å². The number of methoxy groups -OCH3 is 1. The van der Waals surface area contributed by atoms with Crippen molar-refractivity contribution in [2.24, 2.45) is 5.41 Å². The lowest BCUT2D eigenvalue weighted by molar-refractivity contribution is -0.148. The molecular formula is C19H31N3O7S. The van der Waals surface area contributed by atoms with Crippen molar-refractivity contribution in [3.63, 3.8) is 0 Å². The van der Waals surface area contributed by atoms with Gasteiger partial charge in [0.15, 0.2) is 0 Å². The molecule has 2 atom stereocenters. The van der Waals surface area contributed by atoms with Crippen LogP contribution >= 0.6 is 0 Å². The van der Waals surface area contributed by atoms with E-state index in [9.17, 15) is 22.8 Å². The van der Waals surface area contributed by atoms with Gasteiger partial charge in [-0.3, -0.25) is 14.4 Å². The van der Waals surface area contributed by atoms with Gasteiger partial charge in [-0.25, -0.2) is 8.42 Å². The lowest BCUT2D eigenvalue weighted by atomic mass is 9.75. The SMILES string of the molecule is COC(=O)CCC(=O)N1CC[C@@H]2N(S(C)(=O)=O)CC[C@]2(C(=O)N2CCOCC2)CC1. The zero-order valence-corrected chi connectivity index (χ0v) is 18.5. The first-order valence-corrected chi connectivity index (χ1v) is 12.2. The van der Waals surface area contributed by atoms with Gasteiger partial charge in [0, 0.05) is 45.2 Å². The Kier molecular flexibility index (Phi) is 7.03. The number of hydrogen-bond acceptors (Lipinski definition) is 7. The number of amides is 2. The first kappa shape index (κ1) is 23.0. The van der Waals surface area contributed by atoms with Crippen LogP contribution in [0.1, 0.15) is 32.1 Å². The van der Waals surface area contributed by atoms with Gasteiger partial charge in [-0.2, -0.15) is 4.31 Å². The van der Waals surface area contributed by atoms with E-state index in [-0.39, 0.29) is 24.7 Å². The zero-order valence-electron chi connectivity index (χ0n) is 17.7. The average molecular weight is 446 g/mol. The predicted octanol–water partition coefficient (Wildman–Crippen LogP) is -0.559. The minimum Gasteiger partial charge on any atom is -0.469 e. The van der Waals surface area contributed by atoms with Gasteiger partial charge in [0.2, 0.25) is 21.8 Å². The predicted molar refractivity (Wildman–Crippen MR) is 107 cm³/mol. The molecule has 3 saturated heterocycles. The summed E-state index contributed by atoms with van der Waals surface area (Å²) in [7, 11) is -2.20. The van der Waals surface area contributed by atoms with E-state index in [1.165, 1.54) is 17.7 Å². The summed E-state index contributed by atoms with van der Waals surface area (Å²) in [6, 6.07) is -0.471. The summed E-state index contributed by atoms with van der Waals surface area (Å²) in [5.74, 6) is -0.664. The average Bonchev–Trinajstić information content (AvgIpc) is 3.01. The lowest BCUT2D eigenvalue weighted by Gasteiger charge is -2.39. The molecule has 0 aromatic heterocycles. The second-order valence-electron chi connectivity index (χ2n) is 8.20. The fourth-order valence-electron chi connectivity index (χ4n) is 4.90. The molecular weight excluding hydrogens is 414 g/mol. The molecule has 2 amide bonds. The van der Waals surface area contributed by atoms with Crippen molar-refractivity contribution in [2.75, 3.05) is 59.3 Å². The number of fused-ring (bicyclic) bond motifs is 1. The van der Waals surface area contributed by atoms with E-state index in [0.717, 1.165) is 0 Å². The summed E-state index contributed by atoms with van der Waals surface area (Å²) < 4.78 is 36.2. The van der Waals surface area contributed by atoms with Crippen molar-refractivity contribution >= 4 is 27.8 Å². The van der Waals surface area contributed by atoms with Crippen molar-refractivity contribution in [2.45, 2.75) is 38.1 Å². The van der Waals surface area contributed by atoms with Gasteiger partial charge in [0.1, 0.15) is 0 Å². The van der Waals surface area contributed by atoms with Crippen LogP contribution in [0.5, 0.6) is 0 Å². The molecule has 0 saturated carbocycles. The van der Waals surface area contributed by atoms with Gasteiger partial charge >= 0.3 is 5.97 Å². The molecule has 11 heteroatoms. The second kappa shape index (κ2) is 9.19. The monoisotopic (exact) mass is 445 g/mol. The van der Waals surface area contributed by atoms with Crippen LogP contribution in [0.25, 0.3) is 0 Å². The molecule has 0 radical (unpaired) electrons. The molecule has 0 spiro atoms. The Hall–Kier alpha value is -1.72. The number of hydrogen-bond donors (Lipinski definition) is 0. The molecule has 0 unspecified atom stereocenters. The van der Waals surface area contributed by atoms with Gasteiger partial charge in [-0.05, 0) is 19.3 Å². The maximum absolute atomic E-state index is 13.6. The number of carbonyl (C=O) groups is 3. The topological polar surface area (TPSA) is 114 Å². The standard InChI is InChI=1S/C19H31N3O7S/c1-28-17(24)4-3-16(23)20-8-5-15-19(6-9-20,7-10-22(15)30(2,26)27)18(25)21-11-13-29-14-12-21/h15H,3-14H2,1-2H3/t15-,19+/m0/s1. The molecule has 3 fully saturated rings. The van der Waals surface area contributed by atoms with Crippen LogP contribution in [-0.2, 0) is 33.9 Å². The fraction of sp³-hybridized carbons (Fsp3) is 0.842. The maximum Gasteiger partial charge on any atom is 0.306 e.